The van der Waals surface area contributed by atoms with Crippen molar-refractivity contribution in [2.24, 2.45) is 0 Å². The van der Waals surface area contributed by atoms with Crippen molar-refractivity contribution < 1.29 is 32.6 Å². The minimum atomic E-state index is -4.44. The van der Waals surface area contributed by atoms with Gasteiger partial charge in [-0.25, -0.2) is 9.59 Å². The van der Waals surface area contributed by atoms with Gasteiger partial charge in [0.1, 0.15) is 5.75 Å². The summed E-state index contributed by atoms with van der Waals surface area (Å²) in [7, 11) is 0. The van der Waals surface area contributed by atoms with Crippen molar-refractivity contribution in [1.29, 1.82) is 0 Å². The van der Waals surface area contributed by atoms with Crippen molar-refractivity contribution in [1.82, 2.24) is 0 Å². The maximum atomic E-state index is 12.7. The third-order valence-electron chi connectivity index (χ3n) is 5.23. The van der Waals surface area contributed by atoms with Crippen LogP contribution in [0.3, 0.4) is 0 Å². The van der Waals surface area contributed by atoms with Crippen molar-refractivity contribution in [3.63, 3.8) is 0 Å². The van der Waals surface area contributed by atoms with Crippen LogP contribution in [0.2, 0.25) is 5.02 Å². The van der Waals surface area contributed by atoms with E-state index in [0.717, 1.165) is 23.3 Å². The maximum Gasteiger partial charge on any atom is 0.416 e. The molecule has 2 amide bonds. The lowest BCUT2D eigenvalue weighted by atomic mass is 10.0. The molecule has 6 nitrogen and oxygen atoms in total. The van der Waals surface area contributed by atoms with E-state index in [4.69, 9.17) is 16.3 Å². The number of aliphatic carboxylic acids is 1. The lowest BCUT2D eigenvalue weighted by molar-refractivity contribution is -0.152. The van der Waals surface area contributed by atoms with E-state index in [1.807, 2.05) is 6.07 Å². The Bertz CT molecular complexity index is 1240. The number of alkyl halides is 3. The van der Waals surface area contributed by atoms with E-state index in [-0.39, 0.29) is 11.4 Å². The smallest absolute Gasteiger partial charge is 0.416 e. The predicted molar refractivity (Wildman–Crippen MR) is 132 cm³/mol. The molecule has 3 rings (SSSR count). The molecule has 3 N–H and O–H groups in total. The van der Waals surface area contributed by atoms with Gasteiger partial charge in [-0.2, -0.15) is 13.2 Å². The van der Waals surface area contributed by atoms with Crippen LogP contribution in [0.15, 0.2) is 66.7 Å². The van der Waals surface area contributed by atoms with Crippen LogP contribution in [0.25, 0.3) is 0 Å². The van der Waals surface area contributed by atoms with Crippen molar-refractivity contribution >= 4 is 35.0 Å². The van der Waals surface area contributed by atoms with Crippen molar-refractivity contribution in [2.75, 3.05) is 10.6 Å². The highest BCUT2D eigenvalue weighted by Gasteiger charge is 2.30. The number of halogens is 4. The fourth-order valence-corrected chi connectivity index (χ4v) is 3.47. The number of aryl methyl sites for hydroxylation is 2. The summed E-state index contributed by atoms with van der Waals surface area (Å²) in [5.74, 6) is -0.831. The van der Waals surface area contributed by atoms with Gasteiger partial charge in [-0.15, -0.1) is 0 Å². The van der Waals surface area contributed by atoms with Crippen LogP contribution >= 0.6 is 11.6 Å². The molecule has 0 fully saturated rings. The third kappa shape index (κ3) is 7.39. The molecular formula is C26H24ClF3N2O4. The van der Waals surface area contributed by atoms with Crippen LogP contribution in [-0.2, 0) is 23.8 Å². The zero-order chi connectivity index (χ0) is 26.5. The van der Waals surface area contributed by atoms with Gasteiger partial charge in [0.05, 0.1) is 10.6 Å². The number of amides is 2. The van der Waals surface area contributed by atoms with Gasteiger partial charge in [0.2, 0.25) is 0 Å². The van der Waals surface area contributed by atoms with Crippen LogP contribution in [-0.4, -0.2) is 22.7 Å². The number of carboxylic acids is 1. The molecule has 190 valence electrons. The molecule has 0 heterocycles. The van der Waals surface area contributed by atoms with Gasteiger partial charge in [-0.1, -0.05) is 29.8 Å². The highest BCUT2D eigenvalue weighted by Crippen LogP contribution is 2.31. The van der Waals surface area contributed by atoms with E-state index in [9.17, 15) is 27.9 Å². The average Bonchev–Trinajstić information content (AvgIpc) is 2.79. The molecule has 10 heteroatoms. The summed E-state index contributed by atoms with van der Waals surface area (Å²) in [6, 6.07) is 15.9. The predicted octanol–water partition coefficient (Wildman–Crippen LogP) is 7.03. The lowest BCUT2D eigenvalue weighted by Gasteiger charge is -2.22. The third-order valence-corrected chi connectivity index (χ3v) is 5.53. The number of anilines is 2. The first-order chi connectivity index (χ1) is 16.8. The summed E-state index contributed by atoms with van der Waals surface area (Å²) in [5, 5.41) is 14.7. The number of carboxylic acid groups (broad SMARTS) is 1. The zero-order valence-corrected chi connectivity index (χ0v) is 20.2. The summed E-state index contributed by atoms with van der Waals surface area (Å²) in [6.45, 7) is 2.87. The van der Waals surface area contributed by atoms with Gasteiger partial charge in [-0.3, -0.25) is 0 Å². The number of urea groups is 1. The fraction of sp³-hybridized carbons (Fsp3) is 0.231. The van der Waals surface area contributed by atoms with Crippen molar-refractivity contribution in [2.45, 2.75) is 38.5 Å². The van der Waals surface area contributed by atoms with Gasteiger partial charge in [-0.05, 0) is 86.3 Å². The highest BCUT2D eigenvalue weighted by molar-refractivity contribution is 6.32. The topological polar surface area (TPSA) is 87.7 Å². The van der Waals surface area contributed by atoms with Crippen molar-refractivity contribution in [3.05, 3.63) is 88.4 Å². The van der Waals surface area contributed by atoms with E-state index >= 15 is 0 Å². The Morgan fingerprint density at radius 3 is 2.08 bits per heavy atom. The molecule has 0 unspecified atom stereocenters. The van der Waals surface area contributed by atoms with Gasteiger partial charge < -0.3 is 20.5 Å². The molecule has 0 saturated carbocycles. The molecule has 0 aromatic heterocycles. The molecule has 0 aliphatic rings. The van der Waals surface area contributed by atoms with Crippen LogP contribution < -0.4 is 15.4 Å². The van der Waals surface area contributed by atoms with E-state index in [2.05, 4.69) is 10.6 Å². The Balaban J connectivity index is 1.57. The van der Waals surface area contributed by atoms with Crippen LogP contribution in [0.1, 0.15) is 30.5 Å². The van der Waals surface area contributed by atoms with Crippen LogP contribution in [0.5, 0.6) is 5.75 Å². The second kappa shape index (κ2) is 10.9. The van der Waals surface area contributed by atoms with E-state index < -0.39 is 29.3 Å². The summed E-state index contributed by atoms with van der Waals surface area (Å²) >= 11 is 6.27. The largest absolute Gasteiger partial charge is 0.478 e. The first kappa shape index (κ1) is 26.9. The number of benzene rings is 3. The minimum Gasteiger partial charge on any atom is -0.478 e. The van der Waals surface area contributed by atoms with Crippen LogP contribution in [0.4, 0.5) is 29.3 Å². The Labute approximate surface area is 211 Å². The standard InChI is InChI=1S/C26H24ClF3N2O4/c1-25(2,23(33)34)36-22-13-8-17(15-21(22)27)7-6-16-4-3-5-20(14-16)32-24(35)31-19-11-9-18(10-12-19)26(28,29)30/h3-5,8-15H,6-7H2,1-2H3,(H,33,34)(H2,31,32,35). The molecule has 3 aromatic carbocycles. The van der Waals surface area contributed by atoms with Gasteiger partial charge in [0.15, 0.2) is 5.60 Å². The van der Waals surface area contributed by atoms with Gasteiger partial charge in [0, 0.05) is 11.4 Å². The van der Waals surface area contributed by atoms with E-state index in [0.29, 0.717) is 23.6 Å². The normalized spacial score (nSPS) is 11.6. The monoisotopic (exact) mass is 520 g/mol. The molecule has 36 heavy (non-hydrogen) atoms. The number of rotatable bonds is 8. The van der Waals surface area contributed by atoms with Crippen molar-refractivity contribution in [3.8, 4) is 5.75 Å². The molecule has 0 radical (unpaired) electrons. The Hall–Kier alpha value is -3.72. The second-order valence-electron chi connectivity index (χ2n) is 8.54. The first-order valence-corrected chi connectivity index (χ1v) is 11.3. The zero-order valence-electron chi connectivity index (χ0n) is 19.4. The number of nitrogens with one attached hydrogen (secondary N) is 2. The molecule has 0 spiro atoms. The van der Waals surface area contributed by atoms with E-state index in [1.54, 1.807) is 36.4 Å². The minimum absolute atomic E-state index is 0.229. The second-order valence-corrected chi connectivity index (χ2v) is 8.94. The molecule has 3 aromatic rings. The summed E-state index contributed by atoms with van der Waals surface area (Å²) in [5.41, 5.74) is 0.387. The fourth-order valence-electron chi connectivity index (χ4n) is 3.23. The Kier molecular flexibility index (Phi) is 8.14. The number of hydrogen-bond acceptors (Lipinski definition) is 3. The summed E-state index contributed by atoms with van der Waals surface area (Å²) < 4.78 is 43.5. The number of hydrogen-bond donors (Lipinski definition) is 3. The number of ether oxygens (including phenoxy) is 1. The SMILES string of the molecule is CC(C)(Oc1ccc(CCc2cccc(NC(=O)Nc3ccc(C(F)(F)F)cc3)c2)cc1Cl)C(=O)O. The Morgan fingerprint density at radius 2 is 1.50 bits per heavy atom. The quantitative estimate of drug-likeness (QED) is 0.297. The average molecular weight is 521 g/mol. The van der Waals surface area contributed by atoms with Gasteiger partial charge in [0.25, 0.3) is 0 Å². The maximum absolute atomic E-state index is 12.7. The number of carbonyl (C=O) groups is 2. The first-order valence-electron chi connectivity index (χ1n) is 10.9. The van der Waals surface area contributed by atoms with Gasteiger partial charge >= 0.3 is 18.2 Å². The molecule has 0 atom stereocenters. The molecular weight excluding hydrogens is 497 g/mol. The lowest BCUT2D eigenvalue weighted by Crippen LogP contribution is -2.37. The molecule has 0 bridgehead atoms. The van der Waals surface area contributed by atoms with E-state index in [1.165, 1.54) is 26.0 Å². The van der Waals surface area contributed by atoms with Crippen LogP contribution in [0, 0.1) is 0 Å². The highest BCUT2D eigenvalue weighted by atomic mass is 35.5. The summed E-state index contributed by atoms with van der Waals surface area (Å²) in [4.78, 5) is 23.5. The summed E-state index contributed by atoms with van der Waals surface area (Å²) in [6.07, 6.45) is -3.18. The molecule has 0 saturated heterocycles. The molecule has 0 aliphatic carbocycles. The molecule has 0 aliphatic heterocycles. The Morgan fingerprint density at radius 1 is 0.889 bits per heavy atom. The number of carbonyl (C=O) groups excluding carboxylic acids is 1.